The maximum Gasteiger partial charge on any atom is 0.202 e. The summed E-state index contributed by atoms with van der Waals surface area (Å²) in [5.74, 6) is 0.403. The van der Waals surface area contributed by atoms with Gasteiger partial charge in [-0.25, -0.2) is 0 Å². The quantitative estimate of drug-likeness (QED) is 0.227. The Bertz CT molecular complexity index is 263. The van der Waals surface area contributed by atoms with Crippen molar-refractivity contribution in [2.24, 2.45) is 5.11 Å². The van der Waals surface area contributed by atoms with E-state index in [4.69, 9.17) is 0 Å². The van der Waals surface area contributed by atoms with E-state index in [-0.39, 0.29) is 0 Å². The number of carbonyl (C=O) groups excluding carboxylic acids is 1. The van der Waals surface area contributed by atoms with Crippen molar-refractivity contribution in [2.75, 3.05) is 6.54 Å². The van der Waals surface area contributed by atoms with Gasteiger partial charge >= 0.3 is 0 Å². The van der Waals surface area contributed by atoms with Gasteiger partial charge in [0, 0.05) is 12.8 Å². The fourth-order valence-corrected chi connectivity index (χ4v) is 1.69. The summed E-state index contributed by atoms with van der Waals surface area (Å²) < 4.78 is 0. The maximum atomic E-state index is 11.4. The van der Waals surface area contributed by atoms with Crippen LogP contribution < -0.4 is 0 Å². The van der Waals surface area contributed by atoms with Crippen molar-refractivity contribution < 1.29 is 9.66 Å². The second kappa shape index (κ2) is 12.3. The number of ketones is 1. The molecule has 4 heteroatoms. The minimum absolute atomic E-state index is 0.403. The first-order valence-electron chi connectivity index (χ1n) is 6.98. The van der Waals surface area contributed by atoms with Crippen molar-refractivity contribution in [1.29, 1.82) is 0 Å². The van der Waals surface area contributed by atoms with Crippen molar-refractivity contribution in [2.45, 2.75) is 64.7 Å². The monoisotopic (exact) mass is 254 g/mol. The molecular weight excluding hydrogens is 228 g/mol. The van der Waals surface area contributed by atoms with Gasteiger partial charge in [0.2, 0.25) is 6.20 Å². The van der Waals surface area contributed by atoms with Crippen LogP contribution >= 0.6 is 0 Å². The van der Waals surface area contributed by atoms with E-state index in [2.05, 4.69) is 18.6 Å². The molecular formula is C14H26N2O2. The molecule has 4 nitrogen and oxygen atoms in total. The zero-order valence-electron chi connectivity index (χ0n) is 11.6. The van der Waals surface area contributed by atoms with Crippen LogP contribution in [0.5, 0.6) is 0 Å². The highest BCUT2D eigenvalue weighted by Gasteiger charge is 2.00. The van der Waals surface area contributed by atoms with E-state index in [0.29, 0.717) is 17.2 Å². The molecule has 0 aromatic heterocycles. The third-order valence-corrected chi connectivity index (χ3v) is 2.82. The first-order valence-corrected chi connectivity index (χ1v) is 6.98. The number of Topliss-reactive ketones (excluding diaryl/α,β-unsaturated/α-hetero) is 1. The summed E-state index contributed by atoms with van der Waals surface area (Å²) in [5.41, 5.74) is 0. The van der Waals surface area contributed by atoms with Gasteiger partial charge in [0.25, 0.3) is 0 Å². The van der Waals surface area contributed by atoms with E-state index in [0.717, 1.165) is 64.0 Å². The zero-order chi connectivity index (χ0) is 13.6. The number of rotatable bonds is 12. The number of unbranched alkanes of at least 4 members (excludes halogenated alkanes) is 5. The highest BCUT2D eigenvalue weighted by Crippen LogP contribution is 2.08. The van der Waals surface area contributed by atoms with Crippen LogP contribution in [0, 0.1) is 5.21 Å². The first-order chi connectivity index (χ1) is 8.70. The molecule has 0 unspecified atom stereocenters. The summed E-state index contributed by atoms with van der Waals surface area (Å²) in [5, 5.41) is 14.4. The Morgan fingerprint density at radius 1 is 1.17 bits per heavy atom. The van der Waals surface area contributed by atoms with Gasteiger partial charge < -0.3 is 5.21 Å². The molecule has 0 amide bonds. The summed E-state index contributed by atoms with van der Waals surface area (Å²) in [6.07, 6.45) is 9.96. The van der Waals surface area contributed by atoms with Gasteiger partial charge in [-0.2, -0.15) is 0 Å². The van der Waals surface area contributed by atoms with Gasteiger partial charge in [-0.05, 0) is 31.0 Å². The molecule has 0 fully saturated rings. The van der Waals surface area contributed by atoms with E-state index in [9.17, 15) is 10.0 Å². The van der Waals surface area contributed by atoms with Crippen LogP contribution in [0.1, 0.15) is 64.7 Å². The van der Waals surface area contributed by atoms with Crippen LogP contribution in [0.4, 0.5) is 0 Å². The lowest BCUT2D eigenvalue weighted by atomic mass is 10.1. The van der Waals surface area contributed by atoms with Gasteiger partial charge in [-0.1, -0.05) is 37.5 Å². The maximum absolute atomic E-state index is 11.4. The first kappa shape index (κ1) is 16.8. The highest BCUT2D eigenvalue weighted by atomic mass is 16.5. The molecule has 0 aliphatic rings. The summed E-state index contributed by atoms with van der Waals surface area (Å²) >= 11 is 0. The van der Waals surface area contributed by atoms with Crippen LogP contribution in [0.2, 0.25) is 0 Å². The van der Waals surface area contributed by atoms with E-state index in [1.807, 2.05) is 0 Å². The minimum atomic E-state index is 0.403. The summed E-state index contributed by atoms with van der Waals surface area (Å²) in [6, 6.07) is 0. The second-order valence-electron chi connectivity index (χ2n) is 4.51. The molecule has 0 bridgehead atoms. The van der Waals surface area contributed by atoms with Crippen LogP contribution in [0.3, 0.4) is 0 Å². The molecule has 0 aromatic rings. The van der Waals surface area contributed by atoms with Gasteiger partial charge in [-0.3, -0.25) is 4.79 Å². The molecule has 0 aliphatic carbocycles. The van der Waals surface area contributed by atoms with Crippen molar-refractivity contribution in [3.63, 3.8) is 0 Å². The Labute approximate surface area is 110 Å². The average molecular weight is 254 g/mol. The second-order valence-corrected chi connectivity index (χ2v) is 4.51. The number of hydroxylamine groups is 1. The average Bonchev–Trinajstić information content (AvgIpc) is 2.38. The van der Waals surface area contributed by atoms with E-state index >= 15 is 0 Å². The molecule has 0 spiro atoms. The Balaban J connectivity index is 3.26. The van der Waals surface area contributed by atoms with Crippen LogP contribution in [-0.4, -0.2) is 17.2 Å². The fourth-order valence-electron chi connectivity index (χ4n) is 1.69. The van der Waals surface area contributed by atoms with Gasteiger partial charge in [0.15, 0.2) is 0 Å². The van der Waals surface area contributed by atoms with Crippen LogP contribution in [0.25, 0.3) is 0 Å². The lowest BCUT2D eigenvalue weighted by molar-refractivity contribution is -0.458. The topological polar surface area (TPSA) is 55.5 Å². The number of hydrogen-bond donors (Lipinski definition) is 0. The summed E-state index contributed by atoms with van der Waals surface area (Å²) in [4.78, 5) is 11.9. The lowest BCUT2D eigenvalue weighted by Crippen LogP contribution is -1.97. The normalized spacial score (nSPS) is 11.5. The molecule has 0 saturated carbocycles. The Morgan fingerprint density at radius 3 is 2.44 bits per heavy atom. The Hall–Kier alpha value is -1.19. The van der Waals surface area contributed by atoms with Gasteiger partial charge in [0.1, 0.15) is 12.3 Å². The van der Waals surface area contributed by atoms with Crippen LogP contribution in [-0.2, 0) is 4.79 Å². The molecule has 0 N–H and O–H groups in total. The predicted octanol–water partition coefficient (Wildman–Crippen LogP) is 4.19. The molecule has 0 radical (unpaired) electrons. The smallest absolute Gasteiger partial charge is 0.202 e. The molecule has 0 atom stereocenters. The number of azo groups is 1. The minimum Gasteiger partial charge on any atom is -0.595 e. The largest absolute Gasteiger partial charge is 0.595 e. The van der Waals surface area contributed by atoms with Gasteiger partial charge in [-0.15, -0.1) is 0 Å². The number of carbonyl (C=O) groups is 1. The predicted molar refractivity (Wildman–Crippen MR) is 73.4 cm³/mol. The Morgan fingerprint density at radius 2 is 1.78 bits per heavy atom. The molecule has 18 heavy (non-hydrogen) atoms. The number of hydrogen-bond acceptors (Lipinski definition) is 3. The molecule has 0 aromatic carbocycles. The molecule has 0 rings (SSSR count). The van der Waals surface area contributed by atoms with Crippen molar-refractivity contribution >= 4 is 5.78 Å². The van der Waals surface area contributed by atoms with E-state index < -0.39 is 0 Å². The van der Waals surface area contributed by atoms with Crippen molar-refractivity contribution in [3.05, 3.63) is 18.0 Å². The standard InChI is InChI=1S/C14H26N2O2/c1-3-5-11-14(17)12-9-7-6-8-10-13-15-16(18)4-2/h4H,2-3,5-13H2,1H3. The summed E-state index contributed by atoms with van der Waals surface area (Å²) in [7, 11) is 0. The third kappa shape index (κ3) is 11.3. The fraction of sp³-hybridized carbons (Fsp3) is 0.786. The van der Waals surface area contributed by atoms with Crippen molar-refractivity contribution in [3.8, 4) is 0 Å². The molecule has 0 saturated heterocycles. The van der Waals surface area contributed by atoms with Crippen molar-refractivity contribution in [1.82, 2.24) is 0 Å². The highest BCUT2D eigenvalue weighted by molar-refractivity contribution is 5.78. The van der Waals surface area contributed by atoms with E-state index in [1.165, 1.54) is 0 Å². The van der Waals surface area contributed by atoms with Crippen LogP contribution in [0.15, 0.2) is 17.9 Å². The third-order valence-electron chi connectivity index (χ3n) is 2.82. The number of nitrogens with zero attached hydrogens (tertiary/aromatic N) is 2. The van der Waals surface area contributed by atoms with Gasteiger partial charge in [0.05, 0.1) is 0 Å². The lowest BCUT2D eigenvalue weighted by Gasteiger charge is -2.00. The zero-order valence-corrected chi connectivity index (χ0v) is 11.6. The Kier molecular flexibility index (Phi) is 11.5. The summed E-state index contributed by atoms with van der Waals surface area (Å²) in [6.45, 7) is 5.99. The molecule has 104 valence electrons. The SMILES string of the molecule is C=C[N+]([O-])=NCCCCCCCC(=O)CCCC. The molecule has 0 aliphatic heterocycles. The van der Waals surface area contributed by atoms with E-state index in [1.54, 1.807) is 0 Å². The molecule has 0 heterocycles.